The number of aliphatic hydroxyl groups excluding tert-OH is 1. The zero-order chi connectivity index (χ0) is 16.9. The van der Waals surface area contributed by atoms with Crippen LogP contribution >= 0.6 is 0 Å². The highest BCUT2D eigenvalue weighted by atomic mass is 16.5. The topological polar surface area (TPSA) is 60.2 Å². The van der Waals surface area contributed by atoms with Crippen LogP contribution in [-0.4, -0.2) is 32.6 Å². The summed E-state index contributed by atoms with van der Waals surface area (Å²) in [6, 6.07) is 11.8. The van der Waals surface area contributed by atoms with Gasteiger partial charge in [-0.3, -0.25) is 9.67 Å². The van der Waals surface area contributed by atoms with Crippen molar-refractivity contribution in [3.05, 3.63) is 66.1 Å². The molecule has 5 nitrogen and oxygen atoms in total. The molecule has 0 aliphatic carbocycles. The summed E-state index contributed by atoms with van der Waals surface area (Å²) in [5.41, 5.74) is 4.16. The summed E-state index contributed by atoms with van der Waals surface area (Å²) in [5.74, 6) is 0.809. The Morgan fingerprint density at radius 1 is 1.08 bits per heavy atom. The molecule has 0 saturated carbocycles. The number of aryl methyl sites for hydroxylation is 2. The second kappa shape index (κ2) is 7.27. The number of rotatable bonds is 6. The molecule has 1 N–H and O–H groups in total. The van der Waals surface area contributed by atoms with Gasteiger partial charge in [0.05, 0.1) is 12.2 Å². The van der Waals surface area contributed by atoms with Crippen LogP contribution in [0.3, 0.4) is 0 Å². The van der Waals surface area contributed by atoms with Crippen molar-refractivity contribution in [3.63, 3.8) is 0 Å². The molecule has 124 valence electrons. The summed E-state index contributed by atoms with van der Waals surface area (Å²) in [5, 5.41) is 14.6. The van der Waals surface area contributed by atoms with Gasteiger partial charge in [0.2, 0.25) is 0 Å². The van der Waals surface area contributed by atoms with E-state index >= 15 is 0 Å². The first-order valence-electron chi connectivity index (χ1n) is 7.94. The number of benzene rings is 1. The fourth-order valence-electron chi connectivity index (χ4n) is 2.55. The Morgan fingerprint density at radius 2 is 1.88 bits per heavy atom. The van der Waals surface area contributed by atoms with E-state index in [1.54, 1.807) is 23.3 Å². The number of hydrogen-bond acceptors (Lipinski definition) is 4. The van der Waals surface area contributed by atoms with Crippen LogP contribution in [0, 0.1) is 13.8 Å². The first-order chi connectivity index (χ1) is 11.6. The monoisotopic (exact) mass is 323 g/mol. The summed E-state index contributed by atoms with van der Waals surface area (Å²) < 4.78 is 7.56. The number of pyridine rings is 1. The van der Waals surface area contributed by atoms with Crippen molar-refractivity contribution in [2.75, 3.05) is 6.61 Å². The molecule has 3 aromatic rings. The molecule has 2 aromatic heterocycles. The van der Waals surface area contributed by atoms with Crippen LogP contribution in [0.25, 0.3) is 11.3 Å². The summed E-state index contributed by atoms with van der Waals surface area (Å²) in [6.45, 7) is 4.61. The number of ether oxygens (including phenoxy) is 1. The first-order valence-corrected chi connectivity index (χ1v) is 7.94. The Hall–Kier alpha value is -2.66. The molecule has 2 heterocycles. The molecule has 0 amide bonds. The molecule has 0 aliphatic rings. The average Bonchev–Trinajstić information content (AvgIpc) is 3.04. The Morgan fingerprint density at radius 3 is 2.67 bits per heavy atom. The maximum atomic E-state index is 10.3. The molecule has 1 aromatic carbocycles. The normalized spacial score (nSPS) is 12.1. The van der Waals surface area contributed by atoms with Crippen molar-refractivity contribution in [1.29, 1.82) is 0 Å². The van der Waals surface area contributed by atoms with Gasteiger partial charge in [-0.2, -0.15) is 5.10 Å². The van der Waals surface area contributed by atoms with Crippen LogP contribution in [0.5, 0.6) is 5.75 Å². The Bertz CT molecular complexity index is 799. The van der Waals surface area contributed by atoms with E-state index in [1.807, 2.05) is 50.2 Å². The van der Waals surface area contributed by atoms with Gasteiger partial charge in [-0.05, 0) is 49.2 Å². The molecule has 5 heteroatoms. The molecule has 24 heavy (non-hydrogen) atoms. The van der Waals surface area contributed by atoms with Crippen LogP contribution in [-0.2, 0) is 6.54 Å². The zero-order valence-electron chi connectivity index (χ0n) is 13.9. The van der Waals surface area contributed by atoms with Crippen LogP contribution in [0.4, 0.5) is 0 Å². The second-order valence-corrected chi connectivity index (χ2v) is 5.87. The fraction of sp³-hybridized carbons (Fsp3) is 0.263. The van der Waals surface area contributed by atoms with Crippen LogP contribution in [0.15, 0.2) is 55.0 Å². The van der Waals surface area contributed by atoms with E-state index in [0.29, 0.717) is 6.54 Å². The third-order valence-electron chi connectivity index (χ3n) is 3.85. The van der Waals surface area contributed by atoms with Gasteiger partial charge in [0.25, 0.3) is 0 Å². The van der Waals surface area contributed by atoms with Gasteiger partial charge in [-0.15, -0.1) is 0 Å². The number of aromatic nitrogens is 3. The van der Waals surface area contributed by atoms with Gasteiger partial charge in [0.1, 0.15) is 18.5 Å². The van der Waals surface area contributed by atoms with Gasteiger partial charge in [-0.1, -0.05) is 12.1 Å². The molecule has 0 unspecified atom stereocenters. The Balaban J connectivity index is 1.65. The molecule has 3 rings (SSSR count). The third-order valence-corrected chi connectivity index (χ3v) is 3.85. The molecular weight excluding hydrogens is 302 g/mol. The van der Waals surface area contributed by atoms with Crippen molar-refractivity contribution in [2.45, 2.75) is 26.5 Å². The molecule has 1 atom stereocenters. The van der Waals surface area contributed by atoms with E-state index in [1.165, 1.54) is 0 Å². The summed E-state index contributed by atoms with van der Waals surface area (Å²) in [7, 11) is 0. The molecule has 0 spiro atoms. The van der Waals surface area contributed by atoms with Crippen LogP contribution in [0.1, 0.15) is 11.1 Å². The Labute approximate surface area is 141 Å². The molecule has 0 bridgehead atoms. The van der Waals surface area contributed by atoms with Crippen molar-refractivity contribution in [2.24, 2.45) is 0 Å². The minimum atomic E-state index is -0.648. The lowest BCUT2D eigenvalue weighted by atomic mass is 10.1. The van der Waals surface area contributed by atoms with Crippen molar-refractivity contribution < 1.29 is 9.84 Å². The largest absolute Gasteiger partial charge is 0.491 e. The van der Waals surface area contributed by atoms with E-state index in [2.05, 4.69) is 10.1 Å². The third kappa shape index (κ3) is 3.81. The number of nitrogens with zero attached hydrogens (tertiary/aromatic N) is 3. The second-order valence-electron chi connectivity index (χ2n) is 5.87. The van der Waals surface area contributed by atoms with E-state index in [9.17, 15) is 5.11 Å². The number of hydrogen-bond donors (Lipinski definition) is 1. The van der Waals surface area contributed by atoms with Gasteiger partial charge < -0.3 is 9.84 Å². The highest BCUT2D eigenvalue weighted by Crippen LogP contribution is 2.20. The molecule has 0 fully saturated rings. The smallest absolute Gasteiger partial charge is 0.122 e. The number of aliphatic hydroxyl groups is 1. The van der Waals surface area contributed by atoms with Gasteiger partial charge >= 0.3 is 0 Å². The minimum absolute atomic E-state index is 0.222. The van der Waals surface area contributed by atoms with E-state index in [0.717, 1.165) is 28.1 Å². The van der Waals surface area contributed by atoms with Crippen molar-refractivity contribution >= 4 is 0 Å². The van der Waals surface area contributed by atoms with Crippen molar-refractivity contribution in [1.82, 2.24) is 14.8 Å². The molecule has 0 radical (unpaired) electrons. The van der Waals surface area contributed by atoms with Crippen molar-refractivity contribution in [3.8, 4) is 17.0 Å². The maximum Gasteiger partial charge on any atom is 0.122 e. The standard InChI is InChI=1S/C19H21N3O2/c1-14-3-4-15(2)19(11-14)24-13-17(23)12-22-18(7-10-21-22)16-5-8-20-9-6-16/h3-11,17,23H,12-13H2,1-2H3/t17-/m1/s1. The van der Waals surface area contributed by atoms with Crippen LogP contribution in [0.2, 0.25) is 0 Å². The van der Waals surface area contributed by atoms with Crippen LogP contribution < -0.4 is 4.74 Å². The lowest BCUT2D eigenvalue weighted by Gasteiger charge is -2.16. The molecular formula is C19H21N3O2. The highest BCUT2D eigenvalue weighted by Gasteiger charge is 2.12. The zero-order valence-corrected chi connectivity index (χ0v) is 13.9. The quantitative estimate of drug-likeness (QED) is 0.757. The lowest BCUT2D eigenvalue weighted by molar-refractivity contribution is 0.0894. The lowest BCUT2D eigenvalue weighted by Crippen LogP contribution is -2.24. The maximum absolute atomic E-state index is 10.3. The van der Waals surface area contributed by atoms with E-state index < -0.39 is 6.10 Å². The molecule has 0 aliphatic heterocycles. The van der Waals surface area contributed by atoms with Gasteiger partial charge in [0.15, 0.2) is 0 Å². The predicted molar refractivity (Wildman–Crippen MR) is 92.9 cm³/mol. The fourth-order valence-corrected chi connectivity index (χ4v) is 2.55. The Kier molecular flexibility index (Phi) is 4.91. The first kappa shape index (κ1) is 16.2. The summed E-state index contributed by atoms with van der Waals surface area (Å²) in [4.78, 5) is 4.03. The van der Waals surface area contributed by atoms with E-state index in [4.69, 9.17) is 4.74 Å². The predicted octanol–water partition coefficient (Wildman–Crippen LogP) is 3.00. The van der Waals surface area contributed by atoms with Gasteiger partial charge in [-0.25, -0.2) is 0 Å². The summed E-state index contributed by atoms with van der Waals surface area (Å²) >= 11 is 0. The van der Waals surface area contributed by atoms with E-state index in [-0.39, 0.29) is 6.61 Å². The molecule has 0 saturated heterocycles. The SMILES string of the molecule is Cc1ccc(C)c(OC[C@H](O)Cn2nccc2-c2ccncc2)c1. The minimum Gasteiger partial charge on any atom is -0.491 e. The summed E-state index contributed by atoms with van der Waals surface area (Å²) in [6.07, 6.45) is 4.57. The van der Waals surface area contributed by atoms with Gasteiger partial charge in [0, 0.05) is 24.2 Å². The average molecular weight is 323 g/mol. The highest BCUT2D eigenvalue weighted by molar-refractivity contribution is 5.58.